The lowest BCUT2D eigenvalue weighted by atomic mass is 9.85. The molecule has 1 aromatic carbocycles. The summed E-state index contributed by atoms with van der Waals surface area (Å²) in [4.78, 5) is 0.241. The van der Waals surface area contributed by atoms with Crippen LogP contribution >= 0.6 is 0 Å². The minimum Gasteiger partial charge on any atom is -0.397 e. The van der Waals surface area contributed by atoms with E-state index < -0.39 is 10.0 Å². The second-order valence-corrected chi connectivity index (χ2v) is 7.90. The van der Waals surface area contributed by atoms with Crippen LogP contribution in [0.1, 0.15) is 50.2 Å². The van der Waals surface area contributed by atoms with E-state index in [9.17, 15) is 8.42 Å². The van der Waals surface area contributed by atoms with E-state index in [1.807, 2.05) is 26.0 Å². The average molecular weight is 310 g/mol. The molecule has 21 heavy (non-hydrogen) atoms. The largest absolute Gasteiger partial charge is 0.397 e. The van der Waals surface area contributed by atoms with Gasteiger partial charge in [0.2, 0.25) is 10.0 Å². The van der Waals surface area contributed by atoms with Crippen LogP contribution < -0.4 is 10.5 Å². The molecule has 4 nitrogen and oxygen atoms in total. The van der Waals surface area contributed by atoms with E-state index in [-0.39, 0.29) is 10.9 Å². The first-order valence-electron chi connectivity index (χ1n) is 7.71. The highest BCUT2D eigenvalue weighted by molar-refractivity contribution is 7.89. The Hall–Kier alpha value is -1.07. The van der Waals surface area contributed by atoms with E-state index in [0.29, 0.717) is 17.2 Å². The zero-order chi connectivity index (χ0) is 15.6. The first-order chi connectivity index (χ1) is 9.83. The molecule has 0 bridgehead atoms. The zero-order valence-electron chi connectivity index (χ0n) is 13.1. The van der Waals surface area contributed by atoms with Gasteiger partial charge in [-0.3, -0.25) is 0 Å². The lowest BCUT2D eigenvalue weighted by Crippen LogP contribution is -2.39. The fourth-order valence-corrected chi connectivity index (χ4v) is 4.94. The Kier molecular flexibility index (Phi) is 4.94. The normalized spacial score (nSPS) is 18.6. The van der Waals surface area contributed by atoms with Crippen molar-refractivity contribution >= 4 is 15.7 Å². The summed E-state index contributed by atoms with van der Waals surface area (Å²) in [6, 6.07) is 3.62. The number of nitrogens with one attached hydrogen (secondary N) is 1. The average Bonchev–Trinajstić information content (AvgIpc) is 2.43. The number of nitrogen functional groups attached to an aromatic ring is 1. The Bertz CT molecular complexity index is 605. The van der Waals surface area contributed by atoms with Crippen molar-refractivity contribution in [1.82, 2.24) is 4.72 Å². The fraction of sp³-hybridized carbons (Fsp3) is 0.625. The van der Waals surface area contributed by atoms with Crippen LogP contribution in [0.25, 0.3) is 0 Å². The van der Waals surface area contributed by atoms with Crippen LogP contribution in [-0.4, -0.2) is 14.5 Å². The maximum absolute atomic E-state index is 12.7. The summed E-state index contributed by atoms with van der Waals surface area (Å²) >= 11 is 0. The van der Waals surface area contributed by atoms with Crippen molar-refractivity contribution in [2.75, 3.05) is 5.73 Å². The molecule has 0 aliphatic heterocycles. The molecule has 1 aliphatic carbocycles. The Labute approximate surface area is 128 Å². The summed E-state index contributed by atoms with van der Waals surface area (Å²) in [5, 5.41) is 0. The molecule has 1 saturated carbocycles. The van der Waals surface area contributed by atoms with Gasteiger partial charge in [0, 0.05) is 6.04 Å². The summed E-state index contributed by atoms with van der Waals surface area (Å²) in [6.45, 7) is 5.59. The quantitative estimate of drug-likeness (QED) is 0.839. The molecule has 0 aromatic heterocycles. The van der Waals surface area contributed by atoms with E-state index in [1.54, 1.807) is 6.92 Å². The standard InChI is InChI=1S/C16H26N2O2S/c1-11-9-10-12(2)16(15(11)17)21(19,20)18-13(3)14-7-5-4-6-8-14/h9-10,13-14,18H,4-8,17H2,1-3H3. The third kappa shape index (κ3) is 3.58. The molecule has 0 amide bonds. The second-order valence-electron chi connectivity index (χ2n) is 6.25. The third-order valence-corrected chi connectivity index (χ3v) is 6.34. The number of benzene rings is 1. The highest BCUT2D eigenvalue weighted by atomic mass is 32.2. The first kappa shape index (κ1) is 16.3. The van der Waals surface area contributed by atoms with E-state index in [0.717, 1.165) is 18.4 Å². The Balaban J connectivity index is 2.24. The van der Waals surface area contributed by atoms with Gasteiger partial charge in [0.05, 0.1) is 5.69 Å². The molecule has 1 aromatic rings. The first-order valence-corrected chi connectivity index (χ1v) is 9.19. The molecule has 118 valence electrons. The van der Waals surface area contributed by atoms with Crippen molar-refractivity contribution in [3.05, 3.63) is 23.3 Å². The zero-order valence-corrected chi connectivity index (χ0v) is 14.0. The van der Waals surface area contributed by atoms with E-state index in [1.165, 1.54) is 19.3 Å². The molecule has 1 unspecified atom stereocenters. The Morgan fingerprint density at radius 3 is 2.33 bits per heavy atom. The minimum atomic E-state index is -3.57. The number of nitrogens with two attached hydrogens (primary N) is 1. The SMILES string of the molecule is Cc1ccc(C)c(S(=O)(=O)NC(C)C2CCCCC2)c1N. The number of hydrogen-bond donors (Lipinski definition) is 2. The third-order valence-electron chi connectivity index (χ3n) is 4.58. The molecular formula is C16H26N2O2S. The number of aryl methyl sites for hydroxylation is 2. The molecule has 1 atom stereocenters. The summed E-state index contributed by atoms with van der Waals surface area (Å²) in [5.41, 5.74) is 7.86. The molecule has 0 spiro atoms. The van der Waals surface area contributed by atoms with Crippen LogP contribution in [0.3, 0.4) is 0 Å². The van der Waals surface area contributed by atoms with Crippen LogP contribution in [0, 0.1) is 19.8 Å². The van der Waals surface area contributed by atoms with Crippen molar-refractivity contribution in [3.63, 3.8) is 0 Å². The molecule has 0 radical (unpaired) electrons. The molecule has 5 heteroatoms. The van der Waals surface area contributed by atoms with Gasteiger partial charge >= 0.3 is 0 Å². The van der Waals surface area contributed by atoms with Gasteiger partial charge in [-0.1, -0.05) is 31.4 Å². The topological polar surface area (TPSA) is 72.2 Å². The molecule has 1 fully saturated rings. The van der Waals surface area contributed by atoms with Crippen LogP contribution in [0.5, 0.6) is 0 Å². The molecule has 2 rings (SSSR count). The van der Waals surface area contributed by atoms with Crippen LogP contribution in [-0.2, 0) is 10.0 Å². The summed E-state index contributed by atoms with van der Waals surface area (Å²) in [6.07, 6.45) is 5.86. The van der Waals surface area contributed by atoms with Gasteiger partial charge in [-0.15, -0.1) is 0 Å². The Morgan fingerprint density at radius 2 is 1.71 bits per heavy atom. The van der Waals surface area contributed by atoms with Gasteiger partial charge in [-0.05, 0) is 50.7 Å². The second kappa shape index (κ2) is 6.36. The number of rotatable bonds is 4. The highest BCUT2D eigenvalue weighted by Crippen LogP contribution is 2.29. The minimum absolute atomic E-state index is 0.0467. The molecular weight excluding hydrogens is 284 g/mol. The number of sulfonamides is 1. The van der Waals surface area contributed by atoms with E-state index >= 15 is 0 Å². The number of hydrogen-bond acceptors (Lipinski definition) is 3. The monoisotopic (exact) mass is 310 g/mol. The number of anilines is 1. The lowest BCUT2D eigenvalue weighted by molar-refractivity contribution is 0.303. The molecule has 0 heterocycles. The highest BCUT2D eigenvalue weighted by Gasteiger charge is 2.27. The maximum Gasteiger partial charge on any atom is 0.243 e. The van der Waals surface area contributed by atoms with E-state index in [4.69, 9.17) is 5.73 Å². The van der Waals surface area contributed by atoms with Crippen LogP contribution in [0.2, 0.25) is 0 Å². The van der Waals surface area contributed by atoms with Crippen molar-refractivity contribution in [3.8, 4) is 0 Å². The molecule has 1 aliphatic rings. The Morgan fingerprint density at radius 1 is 1.14 bits per heavy atom. The van der Waals surface area contributed by atoms with Gasteiger partial charge in [-0.25, -0.2) is 13.1 Å². The van der Waals surface area contributed by atoms with Gasteiger partial charge in [0.25, 0.3) is 0 Å². The predicted octanol–water partition coefficient (Wildman–Crippen LogP) is 3.13. The predicted molar refractivity (Wildman–Crippen MR) is 86.7 cm³/mol. The summed E-state index contributed by atoms with van der Waals surface area (Å²) < 4.78 is 28.2. The van der Waals surface area contributed by atoms with Gasteiger partial charge < -0.3 is 5.73 Å². The van der Waals surface area contributed by atoms with E-state index in [2.05, 4.69) is 4.72 Å². The lowest BCUT2D eigenvalue weighted by Gasteiger charge is -2.28. The van der Waals surface area contributed by atoms with Crippen LogP contribution in [0.15, 0.2) is 17.0 Å². The van der Waals surface area contributed by atoms with Crippen molar-refractivity contribution in [2.24, 2.45) is 5.92 Å². The molecule has 3 N–H and O–H groups in total. The fourth-order valence-electron chi connectivity index (χ4n) is 3.20. The van der Waals surface area contributed by atoms with Crippen molar-refractivity contribution in [1.29, 1.82) is 0 Å². The summed E-state index contributed by atoms with van der Waals surface area (Å²) in [5.74, 6) is 0.430. The summed E-state index contributed by atoms with van der Waals surface area (Å²) in [7, 11) is -3.57. The van der Waals surface area contributed by atoms with Gasteiger partial charge in [-0.2, -0.15) is 0 Å². The van der Waals surface area contributed by atoms with Crippen LogP contribution in [0.4, 0.5) is 5.69 Å². The van der Waals surface area contributed by atoms with Gasteiger partial charge in [0.1, 0.15) is 4.90 Å². The van der Waals surface area contributed by atoms with Crippen molar-refractivity contribution in [2.45, 2.75) is 63.8 Å². The van der Waals surface area contributed by atoms with Crippen molar-refractivity contribution < 1.29 is 8.42 Å². The van der Waals surface area contributed by atoms with Gasteiger partial charge in [0.15, 0.2) is 0 Å². The smallest absolute Gasteiger partial charge is 0.243 e. The molecule has 0 saturated heterocycles. The maximum atomic E-state index is 12.7.